The van der Waals surface area contributed by atoms with Crippen molar-refractivity contribution >= 4 is 5.91 Å². The van der Waals surface area contributed by atoms with Gasteiger partial charge >= 0.3 is 0 Å². The van der Waals surface area contributed by atoms with Crippen molar-refractivity contribution in [2.24, 2.45) is 0 Å². The number of nitrogens with zero attached hydrogens (tertiary/aromatic N) is 2. The average Bonchev–Trinajstić information content (AvgIpc) is 2.75. The van der Waals surface area contributed by atoms with Crippen LogP contribution in [0.25, 0.3) is 0 Å². The van der Waals surface area contributed by atoms with Gasteiger partial charge in [-0.15, -0.1) is 0 Å². The van der Waals surface area contributed by atoms with E-state index in [4.69, 9.17) is 4.74 Å². The first-order chi connectivity index (χ1) is 7.92. The number of likely N-dealkylation sites (N-methyl/N-ethyl adjacent to an activating group) is 2. The molecule has 0 aromatic heterocycles. The molecule has 0 aliphatic carbocycles. The lowest BCUT2D eigenvalue weighted by Crippen LogP contribution is -2.49. The zero-order valence-corrected chi connectivity index (χ0v) is 11.8. The minimum atomic E-state index is -0.718. The predicted molar refractivity (Wildman–Crippen MR) is 69.0 cm³/mol. The highest BCUT2D eigenvalue weighted by Gasteiger charge is 2.32. The molecule has 1 fully saturated rings. The van der Waals surface area contributed by atoms with Crippen molar-refractivity contribution in [3.63, 3.8) is 0 Å². The number of ether oxygens (including phenoxy) is 1. The lowest BCUT2D eigenvalue weighted by atomic mass is 10.1. The van der Waals surface area contributed by atoms with Crippen LogP contribution in [0.1, 0.15) is 33.6 Å². The smallest absolute Gasteiger partial charge is 0.254 e. The zero-order chi connectivity index (χ0) is 13.1. The van der Waals surface area contributed by atoms with Crippen LogP contribution in [-0.4, -0.2) is 61.1 Å². The third kappa shape index (κ3) is 3.42. The summed E-state index contributed by atoms with van der Waals surface area (Å²) in [5.74, 6) is 0.0583. The summed E-state index contributed by atoms with van der Waals surface area (Å²) in [6.07, 6.45) is 2.44. The van der Waals surface area contributed by atoms with Gasteiger partial charge in [-0.3, -0.25) is 9.69 Å². The van der Waals surface area contributed by atoms with E-state index >= 15 is 0 Å². The summed E-state index contributed by atoms with van der Waals surface area (Å²) in [5, 5.41) is 0. The average molecular weight is 242 g/mol. The van der Waals surface area contributed by atoms with Crippen LogP contribution in [-0.2, 0) is 9.53 Å². The van der Waals surface area contributed by atoms with Crippen molar-refractivity contribution in [2.75, 3.05) is 33.8 Å². The number of likely N-dealkylation sites (tertiary alicyclic amines) is 1. The molecular formula is C13H26N2O2. The van der Waals surface area contributed by atoms with Gasteiger partial charge in [0.15, 0.2) is 0 Å². The highest BCUT2D eigenvalue weighted by Crippen LogP contribution is 2.19. The van der Waals surface area contributed by atoms with E-state index in [1.165, 1.54) is 12.8 Å². The monoisotopic (exact) mass is 242 g/mol. The summed E-state index contributed by atoms with van der Waals surface area (Å²) in [7, 11) is 3.45. The van der Waals surface area contributed by atoms with Crippen molar-refractivity contribution in [1.29, 1.82) is 0 Å². The molecule has 1 aliphatic rings. The van der Waals surface area contributed by atoms with Crippen molar-refractivity contribution in [2.45, 2.75) is 45.3 Å². The second-order valence-electron chi connectivity index (χ2n) is 5.32. The van der Waals surface area contributed by atoms with Crippen molar-refractivity contribution in [1.82, 2.24) is 9.80 Å². The van der Waals surface area contributed by atoms with Crippen molar-refractivity contribution in [3.05, 3.63) is 0 Å². The Hall–Kier alpha value is -0.610. The maximum atomic E-state index is 12.2. The number of amides is 1. The molecule has 4 heteroatoms. The Morgan fingerprint density at radius 1 is 1.53 bits per heavy atom. The molecule has 0 spiro atoms. The van der Waals surface area contributed by atoms with E-state index < -0.39 is 5.60 Å². The number of methoxy groups -OCH3 is 1. The van der Waals surface area contributed by atoms with Gasteiger partial charge in [0.25, 0.3) is 5.91 Å². The first-order valence-electron chi connectivity index (χ1n) is 6.47. The van der Waals surface area contributed by atoms with Crippen LogP contribution in [0.15, 0.2) is 0 Å². The molecular weight excluding hydrogens is 216 g/mol. The maximum absolute atomic E-state index is 12.2. The molecule has 17 heavy (non-hydrogen) atoms. The normalized spacial score (nSPS) is 21.8. The summed E-state index contributed by atoms with van der Waals surface area (Å²) >= 11 is 0. The number of carbonyl (C=O) groups is 1. The second-order valence-corrected chi connectivity index (χ2v) is 5.32. The lowest BCUT2D eigenvalue weighted by molar-refractivity contribution is -0.150. The number of rotatable bonds is 5. The number of hydrogen-bond acceptors (Lipinski definition) is 3. The maximum Gasteiger partial charge on any atom is 0.254 e. The third-order valence-electron chi connectivity index (χ3n) is 3.76. The van der Waals surface area contributed by atoms with Crippen LogP contribution < -0.4 is 0 Å². The molecule has 100 valence electrons. The topological polar surface area (TPSA) is 32.8 Å². The predicted octanol–water partition coefficient (Wildman–Crippen LogP) is 1.35. The fourth-order valence-electron chi connectivity index (χ4n) is 2.46. The molecule has 1 amide bonds. The fraction of sp³-hybridized carbons (Fsp3) is 0.923. The van der Waals surface area contributed by atoms with Gasteiger partial charge in [-0.25, -0.2) is 0 Å². The quantitative estimate of drug-likeness (QED) is 0.729. The Bertz CT molecular complexity index is 266. The van der Waals surface area contributed by atoms with E-state index in [1.54, 1.807) is 7.11 Å². The first-order valence-corrected chi connectivity index (χ1v) is 6.47. The van der Waals surface area contributed by atoms with Gasteiger partial charge in [-0.05, 0) is 39.8 Å². The second kappa shape index (κ2) is 5.83. The third-order valence-corrected chi connectivity index (χ3v) is 3.76. The van der Waals surface area contributed by atoms with Crippen LogP contribution in [0.5, 0.6) is 0 Å². The highest BCUT2D eigenvalue weighted by molar-refractivity contribution is 5.84. The van der Waals surface area contributed by atoms with Gasteiger partial charge in [-0.2, -0.15) is 0 Å². The molecule has 1 saturated heterocycles. The Morgan fingerprint density at radius 3 is 2.71 bits per heavy atom. The molecule has 0 radical (unpaired) electrons. The molecule has 0 N–H and O–H groups in total. The Labute approximate surface area is 105 Å². The van der Waals surface area contributed by atoms with E-state index in [9.17, 15) is 4.79 Å². The van der Waals surface area contributed by atoms with Crippen LogP contribution in [0.3, 0.4) is 0 Å². The minimum absolute atomic E-state index is 0.0583. The Balaban J connectivity index is 2.54. The van der Waals surface area contributed by atoms with E-state index in [0.29, 0.717) is 6.04 Å². The fourth-order valence-corrected chi connectivity index (χ4v) is 2.46. The first kappa shape index (κ1) is 14.5. The number of hydrogen-bond donors (Lipinski definition) is 0. The molecule has 1 atom stereocenters. The lowest BCUT2D eigenvalue weighted by Gasteiger charge is -2.32. The largest absolute Gasteiger partial charge is 0.369 e. The summed E-state index contributed by atoms with van der Waals surface area (Å²) < 4.78 is 5.23. The molecule has 1 rings (SSSR count). The molecule has 1 unspecified atom stereocenters. The van der Waals surface area contributed by atoms with Gasteiger partial charge in [0.05, 0.1) is 0 Å². The molecule has 0 aromatic carbocycles. The van der Waals surface area contributed by atoms with E-state index in [2.05, 4.69) is 11.8 Å². The van der Waals surface area contributed by atoms with E-state index in [0.717, 1.165) is 19.6 Å². The van der Waals surface area contributed by atoms with Crippen LogP contribution in [0.2, 0.25) is 0 Å². The van der Waals surface area contributed by atoms with Crippen LogP contribution in [0.4, 0.5) is 0 Å². The van der Waals surface area contributed by atoms with Crippen LogP contribution in [0, 0.1) is 0 Å². The van der Waals surface area contributed by atoms with E-state index in [1.807, 2.05) is 25.8 Å². The summed E-state index contributed by atoms with van der Waals surface area (Å²) in [5.41, 5.74) is -0.718. The molecule has 1 aliphatic heterocycles. The van der Waals surface area contributed by atoms with E-state index in [-0.39, 0.29) is 5.91 Å². The molecule has 0 saturated carbocycles. The van der Waals surface area contributed by atoms with Gasteiger partial charge in [-0.1, -0.05) is 6.92 Å². The minimum Gasteiger partial charge on any atom is -0.369 e. The standard InChI is InChI=1S/C13H26N2O2/c1-6-15-9-7-8-11(15)10-14(4)12(16)13(2,3)17-5/h11H,6-10H2,1-5H3. The van der Waals surface area contributed by atoms with Crippen LogP contribution >= 0.6 is 0 Å². The molecule has 1 heterocycles. The number of carbonyl (C=O) groups excluding carboxylic acids is 1. The highest BCUT2D eigenvalue weighted by atomic mass is 16.5. The Kier molecular flexibility index (Phi) is 4.95. The van der Waals surface area contributed by atoms with Gasteiger partial charge in [0.2, 0.25) is 0 Å². The van der Waals surface area contributed by atoms with Gasteiger partial charge < -0.3 is 9.64 Å². The molecule has 4 nitrogen and oxygen atoms in total. The summed E-state index contributed by atoms with van der Waals surface area (Å²) in [6, 6.07) is 0.515. The summed E-state index contributed by atoms with van der Waals surface area (Å²) in [4.78, 5) is 16.4. The van der Waals surface area contributed by atoms with Gasteiger partial charge in [0.1, 0.15) is 5.60 Å². The Morgan fingerprint density at radius 2 is 2.18 bits per heavy atom. The SMILES string of the molecule is CCN1CCCC1CN(C)C(=O)C(C)(C)OC. The van der Waals surface area contributed by atoms with Crippen molar-refractivity contribution < 1.29 is 9.53 Å². The zero-order valence-electron chi connectivity index (χ0n) is 11.8. The summed E-state index contributed by atoms with van der Waals surface area (Å²) in [6.45, 7) is 8.85. The molecule has 0 bridgehead atoms. The molecule has 0 aromatic rings. The van der Waals surface area contributed by atoms with Crippen molar-refractivity contribution in [3.8, 4) is 0 Å². The van der Waals surface area contributed by atoms with Gasteiger partial charge in [0, 0.05) is 26.7 Å².